The van der Waals surface area contributed by atoms with Crippen LogP contribution in [0, 0.1) is 0 Å². The van der Waals surface area contributed by atoms with E-state index in [0.29, 0.717) is 28.4 Å². The minimum absolute atomic E-state index is 0.0829. The molecule has 1 aliphatic heterocycles. The highest BCUT2D eigenvalue weighted by Crippen LogP contribution is 2.35. The lowest BCUT2D eigenvalue weighted by atomic mass is 10.1. The number of rotatable bonds is 9. The zero-order chi connectivity index (χ0) is 28.1. The molecular formula is C28H24N2O9. The van der Waals surface area contributed by atoms with Crippen molar-refractivity contribution < 1.29 is 43.2 Å². The summed E-state index contributed by atoms with van der Waals surface area (Å²) in [5, 5.41) is 11.3. The molecule has 11 nitrogen and oxygen atoms in total. The molecule has 0 radical (unpaired) electrons. The second-order valence-corrected chi connectivity index (χ2v) is 8.20. The molecule has 4 rings (SSSR count). The van der Waals surface area contributed by atoms with Crippen molar-refractivity contribution in [1.29, 1.82) is 0 Å². The number of barbiturate groups is 1. The largest absolute Gasteiger partial charge is 0.497 e. The predicted molar refractivity (Wildman–Crippen MR) is 139 cm³/mol. The average Bonchev–Trinajstić information content (AvgIpc) is 2.94. The van der Waals surface area contributed by atoms with Gasteiger partial charge in [-0.15, -0.1) is 0 Å². The zero-order valence-corrected chi connectivity index (χ0v) is 21.2. The van der Waals surface area contributed by atoms with Gasteiger partial charge in [0.05, 0.1) is 32.6 Å². The smallest absolute Gasteiger partial charge is 0.336 e. The van der Waals surface area contributed by atoms with E-state index in [2.05, 4.69) is 5.32 Å². The van der Waals surface area contributed by atoms with Gasteiger partial charge in [0.2, 0.25) is 0 Å². The van der Waals surface area contributed by atoms with Crippen molar-refractivity contribution >= 4 is 35.6 Å². The molecule has 1 aliphatic rings. The van der Waals surface area contributed by atoms with Crippen LogP contribution in [0.3, 0.4) is 0 Å². The van der Waals surface area contributed by atoms with Crippen molar-refractivity contribution in [2.75, 3.05) is 26.2 Å². The number of ether oxygens (including phenoxy) is 4. The zero-order valence-electron chi connectivity index (χ0n) is 21.2. The normalized spacial score (nSPS) is 14.2. The van der Waals surface area contributed by atoms with Gasteiger partial charge < -0.3 is 24.1 Å². The van der Waals surface area contributed by atoms with Crippen molar-refractivity contribution in [2.45, 2.75) is 6.61 Å². The highest BCUT2D eigenvalue weighted by molar-refractivity contribution is 6.39. The molecule has 0 aliphatic carbocycles. The summed E-state index contributed by atoms with van der Waals surface area (Å²) in [6, 6.07) is 14.7. The lowest BCUT2D eigenvalue weighted by Crippen LogP contribution is -2.54. The number of carbonyl (C=O) groups excluding carboxylic acids is 3. The fourth-order valence-electron chi connectivity index (χ4n) is 3.86. The van der Waals surface area contributed by atoms with E-state index in [1.54, 1.807) is 36.4 Å². The van der Waals surface area contributed by atoms with Crippen LogP contribution < -0.4 is 29.2 Å². The van der Waals surface area contributed by atoms with Gasteiger partial charge in [0, 0.05) is 6.07 Å². The molecule has 0 aromatic heterocycles. The summed E-state index contributed by atoms with van der Waals surface area (Å²) in [5.74, 6) is -1.42. The van der Waals surface area contributed by atoms with Gasteiger partial charge in [-0.1, -0.05) is 18.2 Å². The number of urea groups is 1. The molecule has 3 aromatic rings. The number of benzene rings is 3. The first-order valence-corrected chi connectivity index (χ1v) is 11.5. The second kappa shape index (κ2) is 11.4. The van der Waals surface area contributed by atoms with E-state index in [1.165, 1.54) is 51.7 Å². The number of hydrogen-bond donors (Lipinski definition) is 2. The summed E-state index contributed by atoms with van der Waals surface area (Å²) in [6.07, 6.45) is 1.33. The molecule has 1 saturated heterocycles. The summed E-state index contributed by atoms with van der Waals surface area (Å²) < 4.78 is 21.7. The molecule has 4 amide bonds. The third kappa shape index (κ3) is 5.67. The van der Waals surface area contributed by atoms with Crippen molar-refractivity contribution in [1.82, 2.24) is 5.32 Å². The van der Waals surface area contributed by atoms with Gasteiger partial charge in [0.1, 0.15) is 23.7 Å². The van der Waals surface area contributed by atoms with Gasteiger partial charge in [-0.3, -0.25) is 14.9 Å². The topological polar surface area (TPSA) is 141 Å². The van der Waals surface area contributed by atoms with Gasteiger partial charge in [-0.05, 0) is 53.6 Å². The maximum Gasteiger partial charge on any atom is 0.336 e. The van der Waals surface area contributed by atoms with Crippen LogP contribution in [0.15, 0.2) is 66.2 Å². The maximum absolute atomic E-state index is 13.3. The molecule has 1 fully saturated rings. The molecule has 3 aromatic carbocycles. The van der Waals surface area contributed by atoms with Crippen LogP contribution in [0.2, 0.25) is 0 Å². The van der Waals surface area contributed by atoms with E-state index >= 15 is 0 Å². The molecular weight excluding hydrogens is 508 g/mol. The third-order valence-corrected chi connectivity index (χ3v) is 5.80. The standard InChI is InChI=1S/C28H24N2O9/c1-36-19-8-9-21(23(14-19)37-2)30-26(32)20(25(31)29-28(30)35)12-16-7-10-22(24(13-16)38-3)39-15-17-5-4-6-18(11-17)27(33)34/h4-14H,15H2,1-3H3,(H,33,34)(H,29,31,35)/b20-12+. The van der Waals surface area contributed by atoms with Crippen LogP contribution in [-0.4, -0.2) is 50.3 Å². The first-order valence-electron chi connectivity index (χ1n) is 11.5. The number of carboxylic acid groups (broad SMARTS) is 1. The number of amides is 4. The summed E-state index contributed by atoms with van der Waals surface area (Å²) in [4.78, 5) is 50.6. The van der Waals surface area contributed by atoms with E-state index in [-0.39, 0.29) is 29.2 Å². The SMILES string of the molecule is COc1ccc(N2C(=O)NC(=O)/C(=C\c3ccc(OCc4cccc(C(=O)O)c4)c(OC)c3)C2=O)c(OC)c1. The molecule has 2 N–H and O–H groups in total. The molecule has 1 heterocycles. The summed E-state index contributed by atoms with van der Waals surface area (Å²) >= 11 is 0. The molecule has 11 heteroatoms. The number of nitrogens with zero attached hydrogens (tertiary/aromatic N) is 1. The van der Waals surface area contributed by atoms with E-state index in [1.807, 2.05) is 0 Å². The Morgan fingerprint density at radius 3 is 2.36 bits per heavy atom. The fourth-order valence-corrected chi connectivity index (χ4v) is 3.86. The summed E-state index contributed by atoms with van der Waals surface area (Å²) in [6.45, 7) is 0.0829. The number of anilines is 1. The Hall–Kier alpha value is -5.32. The van der Waals surface area contributed by atoms with Crippen LogP contribution in [0.4, 0.5) is 10.5 Å². The fraction of sp³-hybridized carbons (Fsp3) is 0.143. The van der Waals surface area contributed by atoms with E-state index in [4.69, 9.17) is 18.9 Å². The molecule has 0 spiro atoms. The number of nitrogens with one attached hydrogen (secondary N) is 1. The number of aromatic carboxylic acids is 1. The van der Waals surface area contributed by atoms with Crippen molar-refractivity contribution in [3.63, 3.8) is 0 Å². The minimum atomic E-state index is -1.04. The molecule has 0 bridgehead atoms. The van der Waals surface area contributed by atoms with Gasteiger partial charge >= 0.3 is 12.0 Å². The first-order chi connectivity index (χ1) is 18.7. The third-order valence-electron chi connectivity index (χ3n) is 5.80. The molecule has 0 unspecified atom stereocenters. The van der Waals surface area contributed by atoms with Crippen molar-refractivity contribution in [3.05, 3.63) is 82.9 Å². The minimum Gasteiger partial charge on any atom is -0.497 e. The Bertz CT molecular complexity index is 1500. The van der Waals surface area contributed by atoms with Crippen LogP contribution >= 0.6 is 0 Å². The van der Waals surface area contributed by atoms with Crippen LogP contribution in [0.25, 0.3) is 6.08 Å². The Morgan fingerprint density at radius 2 is 1.67 bits per heavy atom. The van der Waals surface area contributed by atoms with E-state index in [0.717, 1.165) is 4.90 Å². The van der Waals surface area contributed by atoms with Gasteiger partial charge in [-0.25, -0.2) is 14.5 Å². The van der Waals surface area contributed by atoms with Crippen LogP contribution in [0.5, 0.6) is 23.0 Å². The van der Waals surface area contributed by atoms with E-state index < -0.39 is 23.8 Å². The van der Waals surface area contributed by atoms with Gasteiger partial charge in [0.15, 0.2) is 11.5 Å². The highest BCUT2D eigenvalue weighted by Gasteiger charge is 2.38. The Morgan fingerprint density at radius 1 is 0.897 bits per heavy atom. The van der Waals surface area contributed by atoms with Crippen LogP contribution in [0.1, 0.15) is 21.5 Å². The molecule has 0 saturated carbocycles. The maximum atomic E-state index is 13.3. The van der Waals surface area contributed by atoms with Crippen molar-refractivity contribution in [2.24, 2.45) is 0 Å². The summed E-state index contributed by atoms with van der Waals surface area (Å²) in [5.41, 5.74) is 1.06. The number of imide groups is 2. The lowest BCUT2D eigenvalue weighted by molar-refractivity contribution is -0.122. The predicted octanol–water partition coefficient (Wildman–Crippen LogP) is 3.66. The number of methoxy groups -OCH3 is 3. The number of carboxylic acids is 1. The second-order valence-electron chi connectivity index (χ2n) is 8.20. The average molecular weight is 533 g/mol. The van der Waals surface area contributed by atoms with Gasteiger partial charge in [0.25, 0.3) is 11.8 Å². The van der Waals surface area contributed by atoms with Crippen molar-refractivity contribution in [3.8, 4) is 23.0 Å². The molecule has 0 atom stereocenters. The monoisotopic (exact) mass is 532 g/mol. The summed E-state index contributed by atoms with van der Waals surface area (Å²) in [7, 11) is 4.28. The highest BCUT2D eigenvalue weighted by atomic mass is 16.5. The lowest BCUT2D eigenvalue weighted by Gasteiger charge is -2.27. The number of hydrogen-bond acceptors (Lipinski definition) is 8. The Labute approximate surface area is 223 Å². The van der Waals surface area contributed by atoms with Crippen LogP contribution in [-0.2, 0) is 16.2 Å². The molecule has 200 valence electrons. The van der Waals surface area contributed by atoms with Gasteiger partial charge in [-0.2, -0.15) is 0 Å². The van der Waals surface area contributed by atoms with E-state index in [9.17, 15) is 24.3 Å². The molecule has 39 heavy (non-hydrogen) atoms. The Kier molecular flexibility index (Phi) is 7.80. The Balaban J connectivity index is 1.60. The first kappa shape index (κ1) is 26.7. The number of carbonyl (C=O) groups is 4. The quantitative estimate of drug-likeness (QED) is 0.312.